The van der Waals surface area contributed by atoms with E-state index >= 15 is 0 Å². The van der Waals surface area contributed by atoms with Gasteiger partial charge in [-0.1, -0.05) is 12.1 Å². The van der Waals surface area contributed by atoms with Gasteiger partial charge in [-0.25, -0.2) is 8.42 Å². The highest BCUT2D eigenvalue weighted by Gasteiger charge is 2.32. The van der Waals surface area contributed by atoms with E-state index in [1.807, 2.05) is 11.0 Å². The van der Waals surface area contributed by atoms with Gasteiger partial charge in [0.2, 0.25) is 15.9 Å². The molecule has 0 bridgehead atoms. The fourth-order valence-electron chi connectivity index (χ4n) is 4.30. The number of nitrogens with zero attached hydrogens (tertiary/aromatic N) is 3. The molecule has 1 unspecified atom stereocenters. The van der Waals surface area contributed by atoms with Crippen molar-refractivity contribution in [2.45, 2.75) is 37.1 Å². The number of hydrogen-bond donors (Lipinski definition) is 1. The van der Waals surface area contributed by atoms with E-state index in [1.54, 1.807) is 25.1 Å². The number of benzene rings is 2. The van der Waals surface area contributed by atoms with E-state index in [4.69, 9.17) is 0 Å². The third-order valence-corrected chi connectivity index (χ3v) is 8.13. The Kier molecular flexibility index (Phi) is 6.27. The second-order valence-electron chi connectivity index (χ2n) is 8.20. The van der Waals surface area contributed by atoms with E-state index in [1.165, 1.54) is 28.1 Å². The number of nitrogens with one attached hydrogen (secondary N) is 1. The van der Waals surface area contributed by atoms with E-state index in [2.05, 4.69) is 5.32 Å². The summed E-state index contributed by atoms with van der Waals surface area (Å²) < 4.78 is 27.7. The summed E-state index contributed by atoms with van der Waals surface area (Å²) in [4.78, 5) is 25.3. The molecule has 1 heterocycles. The van der Waals surface area contributed by atoms with Crippen LogP contribution in [0.1, 0.15) is 24.5 Å². The molecule has 4 rings (SSSR count). The zero-order chi connectivity index (χ0) is 22.9. The molecular weight excluding hydrogens is 432 g/mol. The van der Waals surface area contributed by atoms with Crippen LogP contribution < -0.4 is 5.32 Å². The molecule has 0 saturated carbocycles. The van der Waals surface area contributed by atoms with Crippen LogP contribution in [0, 0.1) is 10.1 Å². The first-order chi connectivity index (χ1) is 15.3. The lowest BCUT2D eigenvalue weighted by Gasteiger charge is -2.36. The van der Waals surface area contributed by atoms with Crippen LogP contribution in [0.3, 0.4) is 0 Å². The molecule has 1 N–H and O–H groups in total. The highest BCUT2D eigenvalue weighted by molar-refractivity contribution is 7.89. The number of carbonyl (C=O) groups is 1. The van der Waals surface area contributed by atoms with Gasteiger partial charge in [-0.3, -0.25) is 19.8 Å². The molecule has 1 atom stereocenters. The Bertz CT molecular complexity index is 1140. The first-order valence-corrected chi connectivity index (χ1v) is 12.1. The molecule has 1 saturated heterocycles. The molecule has 2 aromatic rings. The molecular formula is C22H26N4O5S. The van der Waals surface area contributed by atoms with Crippen LogP contribution in [0.25, 0.3) is 0 Å². The summed E-state index contributed by atoms with van der Waals surface area (Å²) in [6.07, 6.45) is 2.99. The predicted molar refractivity (Wildman–Crippen MR) is 120 cm³/mol. The summed E-state index contributed by atoms with van der Waals surface area (Å²) in [6, 6.07) is 10.7. The Morgan fingerprint density at radius 2 is 1.78 bits per heavy atom. The zero-order valence-electron chi connectivity index (χ0n) is 17.9. The molecule has 0 radical (unpaired) electrons. The Hall–Kier alpha value is -2.82. The van der Waals surface area contributed by atoms with E-state index < -0.39 is 21.0 Å². The lowest BCUT2D eigenvalue weighted by Crippen LogP contribution is -2.53. The maximum absolute atomic E-state index is 13.1. The first kappa shape index (κ1) is 22.4. The molecule has 32 heavy (non-hydrogen) atoms. The molecule has 2 aliphatic rings. The van der Waals surface area contributed by atoms with Crippen LogP contribution in [0.2, 0.25) is 0 Å². The van der Waals surface area contributed by atoms with E-state index in [0.29, 0.717) is 36.8 Å². The molecule has 1 aliphatic carbocycles. The van der Waals surface area contributed by atoms with Crippen LogP contribution in [0.4, 0.5) is 11.4 Å². The number of amides is 1. The van der Waals surface area contributed by atoms with Gasteiger partial charge in [0.05, 0.1) is 15.9 Å². The third-order valence-electron chi connectivity index (χ3n) is 6.23. The first-order valence-electron chi connectivity index (χ1n) is 10.7. The van der Waals surface area contributed by atoms with Crippen molar-refractivity contribution in [1.82, 2.24) is 9.21 Å². The van der Waals surface area contributed by atoms with Crippen molar-refractivity contribution in [2.24, 2.45) is 0 Å². The topological polar surface area (TPSA) is 113 Å². The van der Waals surface area contributed by atoms with Crippen LogP contribution >= 0.6 is 0 Å². The summed E-state index contributed by atoms with van der Waals surface area (Å²) in [5.41, 5.74) is 2.61. The number of nitro groups is 1. The number of piperazine rings is 1. The SMILES string of the molecule is CC(C(=O)Nc1cccc([N+](=O)[O-])c1)N1CCN(S(=O)(=O)c2ccc3c(c2)CCC3)CC1. The van der Waals surface area contributed by atoms with Crippen LogP contribution in [-0.4, -0.2) is 60.7 Å². The van der Waals surface area contributed by atoms with Crippen LogP contribution in [0.5, 0.6) is 0 Å². The number of fused-ring (bicyclic) bond motifs is 1. The number of hydrogen-bond acceptors (Lipinski definition) is 6. The van der Waals surface area contributed by atoms with E-state index in [-0.39, 0.29) is 11.6 Å². The van der Waals surface area contributed by atoms with Crippen molar-refractivity contribution < 1.29 is 18.1 Å². The van der Waals surface area contributed by atoms with Gasteiger partial charge in [0.15, 0.2) is 0 Å². The fraction of sp³-hybridized carbons (Fsp3) is 0.409. The lowest BCUT2D eigenvalue weighted by atomic mass is 10.1. The van der Waals surface area contributed by atoms with Crippen molar-refractivity contribution in [3.63, 3.8) is 0 Å². The van der Waals surface area contributed by atoms with Crippen molar-refractivity contribution in [3.05, 3.63) is 63.7 Å². The number of carbonyl (C=O) groups excluding carboxylic acids is 1. The maximum Gasteiger partial charge on any atom is 0.271 e. The highest BCUT2D eigenvalue weighted by Crippen LogP contribution is 2.27. The second-order valence-corrected chi connectivity index (χ2v) is 10.1. The van der Waals surface area contributed by atoms with Gasteiger partial charge in [0.25, 0.3) is 5.69 Å². The number of sulfonamides is 1. The Balaban J connectivity index is 1.37. The molecule has 170 valence electrons. The van der Waals surface area contributed by atoms with Crippen molar-refractivity contribution in [3.8, 4) is 0 Å². The van der Waals surface area contributed by atoms with Gasteiger partial charge in [0, 0.05) is 44.0 Å². The monoisotopic (exact) mass is 458 g/mol. The van der Waals surface area contributed by atoms with Crippen molar-refractivity contribution >= 4 is 27.3 Å². The molecule has 0 spiro atoms. The second kappa shape index (κ2) is 8.97. The molecule has 0 aromatic heterocycles. The molecule has 1 fully saturated rings. The summed E-state index contributed by atoms with van der Waals surface area (Å²) in [5, 5.41) is 13.6. The summed E-state index contributed by atoms with van der Waals surface area (Å²) in [5.74, 6) is -0.291. The number of nitro benzene ring substituents is 1. The smallest absolute Gasteiger partial charge is 0.271 e. The molecule has 2 aromatic carbocycles. The summed E-state index contributed by atoms with van der Waals surface area (Å²) in [6.45, 7) is 3.19. The van der Waals surface area contributed by atoms with Gasteiger partial charge in [-0.05, 0) is 55.5 Å². The standard InChI is InChI=1S/C22H26N4O5S/c1-16(22(27)23-19-6-3-7-20(15-19)26(28)29)24-10-12-25(13-11-24)32(30,31)21-9-8-17-4-2-5-18(17)14-21/h3,6-9,14-16H,2,4-5,10-13H2,1H3,(H,23,27). The lowest BCUT2D eigenvalue weighted by molar-refractivity contribution is -0.384. The summed E-state index contributed by atoms with van der Waals surface area (Å²) in [7, 11) is -3.57. The quantitative estimate of drug-likeness (QED) is 0.525. The molecule has 1 aliphatic heterocycles. The number of anilines is 1. The Morgan fingerprint density at radius 3 is 2.50 bits per heavy atom. The van der Waals surface area contributed by atoms with Crippen LogP contribution in [0.15, 0.2) is 47.4 Å². The third kappa shape index (κ3) is 4.52. The predicted octanol–water partition coefficient (Wildman–Crippen LogP) is 2.42. The normalized spacial score (nSPS) is 18.2. The van der Waals surface area contributed by atoms with Crippen LogP contribution in [-0.2, 0) is 27.7 Å². The van der Waals surface area contributed by atoms with Gasteiger partial charge >= 0.3 is 0 Å². The summed E-state index contributed by atoms with van der Waals surface area (Å²) >= 11 is 0. The number of aryl methyl sites for hydroxylation is 2. The average Bonchev–Trinajstić information content (AvgIpc) is 3.27. The van der Waals surface area contributed by atoms with E-state index in [9.17, 15) is 23.3 Å². The Morgan fingerprint density at radius 1 is 1.06 bits per heavy atom. The van der Waals surface area contributed by atoms with Gasteiger partial charge in [-0.15, -0.1) is 0 Å². The number of rotatable bonds is 6. The molecule has 10 heteroatoms. The highest BCUT2D eigenvalue weighted by atomic mass is 32.2. The van der Waals surface area contributed by atoms with Gasteiger partial charge in [-0.2, -0.15) is 4.31 Å². The minimum absolute atomic E-state index is 0.0965. The van der Waals surface area contributed by atoms with Gasteiger partial charge in [0.1, 0.15) is 0 Å². The number of non-ortho nitro benzene ring substituents is 1. The maximum atomic E-state index is 13.1. The average molecular weight is 459 g/mol. The molecule has 1 amide bonds. The minimum Gasteiger partial charge on any atom is -0.324 e. The minimum atomic E-state index is -3.57. The van der Waals surface area contributed by atoms with Gasteiger partial charge < -0.3 is 5.32 Å². The zero-order valence-corrected chi connectivity index (χ0v) is 18.7. The van der Waals surface area contributed by atoms with Crippen molar-refractivity contribution in [1.29, 1.82) is 0 Å². The largest absolute Gasteiger partial charge is 0.324 e. The van der Waals surface area contributed by atoms with E-state index in [0.717, 1.165) is 24.8 Å². The van der Waals surface area contributed by atoms with Crippen molar-refractivity contribution in [2.75, 3.05) is 31.5 Å². The Labute approximate surface area is 187 Å². The molecule has 9 nitrogen and oxygen atoms in total. The fourth-order valence-corrected chi connectivity index (χ4v) is 5.77.